The zero-order valence-electron chi connectivity index (χ0n) is 15.9. The highest BCUT2D eigenvalue weighted by atomic mass is 32.2. The molecule has 0 aliphatic heterocycles. The molecule has 0 unspecified atom stereocenters. The third kappa shape index (κ3) is 4.63. The van der Waals surface area contributed by atoms with Crippen molar-refractivity contribution in [2.24, 2.45) is 0 Å². The van der Waals surface area contributed by atoms with Crippen molar-refractivity contribution in [2.75, 3.05) is 18.1 Å². The van der Waals surface area contributed by atoms with E-state index in [1.54, 1.807) is 0 Å². The lowest BCUT2D eigenvalue weighted by atomic mass is 10.2. The molecule has 3 rings (SSSR count). The molecule has 6 heteroatoms. The lowest BCUT2D eigenvalue weighted by Crippen LogP contribution is -2.26. The van der Waals surface area contributed by atoms with Gasteiger partial charge in [0.2, 0.25) is 0 Å². The van der Waals surface area contributed by atoms with E-state index in [2.05, 4.69) is 17.3 Å². The largest absolute Gasteiger partial charge is 0.352 e. The second kappa shape index (κ2) is 9.46. The minimum Gasteiger partial charge on any atom is -0.352 e. The molecule has 142 valence electrons. The van der Waals surface area contributed by atoms with Crippen molar-refractivity contribution in [1.82, 2.24) is 19.7 Å². The second-order valence-corrected chi connectivity index (χ2v) is 7.57. The quantitative estimate of drug-likeness (QED) is 0.563. The van der Waals surface area contributed by atoms with E-state index in [-0.39, 0.29) is 5.91 Å². The van der Waals surface area contributed by atoms with Crippen LogP contribution in [0.4, 0.5) is 0 Å². The van der Waals surface area contributed by atoms with E-state index in [9.17, 15) is 4.79 Å². The number of hydrogen-bond donors (Lipinski definition) is 1. The average molecular weight is 383 g/mol. The third-order valence-corrected chi connectivity index (χ3v) is 5.49. The van der Waals surface area contributed by atoms with Crippen LogP contribution in [0.3, 0.4) is 0 Å². The third-order valence-electron chi connectivity index (χ3n) is 4.21. The molecule has 1 amide bonds. The standard InChI is InChI=1S/C21H26N4OS/c1-3-15-27-16-9-12-22-20(26)19-17(2)23-25(18-10-5-4-6-11-18)21(19)24-13-7-8-14-24/h4-8,10-11,13-14H,3,9,12,15-16H2,1-2H3,(H,22,26). The van der Waals surface area contributed by atoms with Crippen LogP contribution in [0.2, 0.25) is 0 Å². The molecule has 0 aliphatic rings. The summed E-state index contributed by atoms with van der Waals surface area (Å²) in [6.45, 7) is 4.75. The van der Waals surface area contributed by atoms with E-state index in [0.29, 0.717) is 12.1 Å². The van der Waals surface area contributed by atoms with E-state index >= 15 is 0 Å². The molecule has 2 aromatic heterocycles. The van der Waals surface area contributed by atoms with Gasteiger partial charge in [-0.05, 0) is 55.5 Å². The van der Waals surface area contributed by atoms with Crippen molar-refractivity contribution in [3.63, 3.8) is 0 Å². The molecule has 0 spiro atoms. The first-order valence-electron chi connectivity index (χ1n) is 9.36. The Morgan fingerprint density at radius 2 is 1.85 bits per heavy atom. The first-order chi connectivity index (χ1) is 13.2. The van der Waals surface area contributed by atoms with Gasteiger partial charge >= 0.3 is 0 Å². The van der Waals surface area contributed by atoms with Crippen LogP contribution in [0, 0.1) is 6.92 Å². The van der Waals surface area contributed by atoms with Gasteiger partial charge < -0.3 is 9.88 Å². The second-order valence-electron chi connectivity index (χ2n) is 6.34. The molecule has 0 bridgehead atoms. The van der Waals surface area contributed by atoms with Gasteiger partial charge in [0, 0.05) is 18.9 Å². The van der Waals surface area contributed by atoms with Gasteiger partial charge in [-0.2, -0.15) is 16.9 Å². The van der Waals surface area contributed by atoms with E-state index in [4.69, 9.17) is 0 Å². The number of aromatic nitrogens is 3. The number of aryl methyl sites for hydroxylation is 1. The molecule has 5 nitrogen and oxygen atoms in total. The predicted molar refractivity (Wildman–Crippen MR) is 112 cm³/mol. The zero-order chi connectivity index (χ0) is 19.1. The van der Waals surface area contributed by atoms with Gasteiger partial charge in [-0.15, -0.1) is 0 Å². The fourth-order valence-electron chi connectivity index (χ4n) is 2.96. The highest BCUT2D eigenvalue weighted by molar-refractivity contribution is 7.99. The van der Waals surface area contributed by atoms with Gasteiger partial charge in [-0.25, -0.2) is 4.68 Å². The molecule has 1 aromatic carbocycles. The highest BCUT2D eigenvalue weighted by Gasteiger charge is 2.23. The highest BCUT2D eigenvalue weighted by Crippen LogP contribution is 2.23. The van der Waals surface area contributed by atoms with Gasteiger partial charge in [0.25, 0.3) is 5.91 Å². The molecule has 2 heterocycles. The number of nitrogens with one attached hydrogen (secondary N) is 1. The van der Waals surface area contributed by atoms with Crippen LogP contribution >= 0.6 is 11.8 Å². The molecule has 0 saturated heterocycles. The fourth-order valence-corrected chi connectivity index (χ4v) is 3.80. The van der Waals surface area contributed by atoms with Crippen molar-refractivity contribution >= 4 is 17.7 Å². The Morgan fingerprint density at radius 1 is 1.11 bits per heavy atom. The molecule has 1 N–H and O–H groups in total. The van der Waals surface area contributed by atoms with Gasteiger partial charge in [0.1, 0.15) is 5.56 Å². The van der Waals surface area contributed by atoms with Gasteiger partial charge in [0.15, 0.2) is 5.82 Å². The summed E-state index contributed by atoms with van der Waals surface area (Å²) < 4.78 is 3.78. The monoisotopic (exact) mass is 382 g/mol. The number of carbonyl (C=O) groups excluding carboxylic acids is 1. The van der Waals surface area contributed by atoms with Crippen LogP contribution in [0.25, 0.3) is 11.5 Å². The number of amides is 1. The summed E-state index contributed by atoms with van der Waals surface area (Å²) in [5, 5.41) is 7.72. The zero-order valence-corrected chi connectivity index (χ0v) is 16.7. The molecular weight excluding hydrogens is 356 g/mol. The molecule has 0 radical (unpaired) electrons. The average Bonchev–Trinajstić information content (AvgIpc) is 3.32. The maximum absolute atomic E-state index is 12.9. The van der Waals surface area contributed by atoms with Crippen molar-refractivity contribution < 1.29 is 4.79 Å². The molecule has 3 aromatic rings. The fraction of sp³-hybridized carbons (Fsp3) is 0.333. The van der Waals surface area contributed by atoms with E-state index < -0.39 is 0 Å². The smallest absolute Gasteiger partial charge is 0.256 e. The summed E-state index contributed by atoms with van der Waals surface area (Å²) in [5.41, 5.74) is 2.27. The van der Waals surface area contributed by atoms with Gasteiger partial charge in [0.05, 0.1) is 11.4 Å². The number of para-hydroxylation sites is 1. The van der Waals surface area contributed by atoms with Crippen LogP contribution in [-0.4, -0.2) is 38.3 Å². The number of thioether (sulfide) groups is 1. The Bertz CT molecular complexity index is 856. The lowest BCUT2D eigenvalue weighted by Gasteiger charge is -2.11. The van der Waals surface area contributed by atoms with Crippen LogP contribution in [0.1, 0.15) is 35.8 Å². The summed E-state index contributed by atoms with van der Waals surface area (Å²) in [6.07, 6.45) is 6.04. The summed E-state index contributed by atoms with van der Waals surface area (Å²) in [7, 11) is 0. The Balaban J connectivity index is 1.84. The topological polar surface area (TPSA) is 51.9 Å². The normalized spacial score (nSPS) is 10.9. The Hall–Kier alpha value is -2.47. The van der Waals surface area contributed by atoms with E-state index in [1.807, 2.05) is 82.8 Å². The van der Waals surface area contributed by atoms with E-state index in [1.165, 1.54) is 12.2 Å². The molecule has 0 atom stereocenters. The first-order valence-corrected chi connectivity index (χ1v) is 10.5. The molecule has 0 fully saturated rings. The number of carbonyl (C=O) groups is 1. The minimum atomic E-state index is -0.0705. The maximum Gasteiger partial charge on any atom is 0.256 e. The summed E-state index contributed by atoms with van der Waals surface area (Å²) >= 11 is 1.93. The molecule has 0 aliphatic carbocycles. The lowest BCUT2D eigenvalue weighted by molar-refractivity contribution is 0.0953. The Morgan fingerprint density at radius 3 is 2.56 bits per heavy atom. The summed E-state index contributed by atoms with van der Waals surface area (Å²) in [4.78, 5) is 12.9. The minimum absolute atomic E-state index is 0.0705. The number of benzene rings is 1. The molecular formula is C21H26N4OS. The van der Waals surface area contributed by atoms with Gasteiger partial charge in [-0.1, -0.05) is 25.1 Å². The maximum atomic E-state index is 12.9. The van der Waals surface area contributed by atoms with Crippen molar-refractivity contribution in [1.29, 1.82) is 0 Å². The summed E-state index contributed by atoms with van der Waals surface area (Å²) in [5.74, 6) is 2.94. The molecule has 0 saturated carbocycles. The first kappa shape index (κ1) is 19.3. The van der Waals surface area contributed by atoms with Crippen molar-refractivity contribution in [2.45, 2.75) is 26.7 Å². The van der Waals surface area contributed by atoms with Crippen molar-refractivity contribution in [3.05, 3.63) is 66.1 Å². The summed E-state index contributed by atoms with van der Waals surface area (Å²) in [6, 6.07) is 13.8. The van der Waals surface area contributed by atoms with Crippen LogP contribution < -0.4 is 5.32 Å². The van der Waals surface area contributed by atoms with Crippen LogP contribution in [0.15, 0.2) is 54.9 Å². The SMILES string of the molecule is CCCSCCCNC(=O)c1c(C)nn(-c2ccccc2)c1-n1cccc1. The van der Waals surface area contributed by atoms with Crippen LogP contribution in [0.5, 0.6) is 0 Å². The van der Waals surface area contributed by atoms with Crippen molar-refractivity contribution in [3.8, 4) is 11.5 Å². The Kier molecular flexibility index (Phi) is 6.76. The number of hydrogen-bond acceptors (Lipinski definition) is 3. The Labute approximate surface area is 164 Å². The number of nitrogens with zero attached hydrogens (tertiary/aromatic N) is 3. The van der Waals surface area contributed by atoms with Crippen LogP contribution in [-0.2, 0) is 0 Å². The van der Waals surface area contributed by atoms with Gasteiger partial charge in [-0.3, -0.25) is 4.79 Å². The predicted octanol–water partition coefficient (Wildman–Crippen LogP) is 4.23. The molecule has 27 heavy (non-hydrogen) atoms. The van der Waals surface area contributed by atoms with E-state index in [0.717, 1.165) is 29.4 Å². The number of rotatable bonds is 9.